The second-order valence-corrected chi connectivity index (χ2v) is 8.20. The van der Waals surface area contributed by atoms with Crippen molar-refractivity contribution in [2.45, 2.75) is 102 Å². The topological polar surface area (TPSA) is 15.3 Å². The molecule has 0 amide bonds. The molecule has 0 aromatic rings. The molecule has 0 aromatic heterocycles. The van der Waals surface area contributed by atoms with E-state index in [-0.39, 0.29) is 0 Å². The smallest absolute Gasteiger partial charge is 0.0309 e. The third-order valence-electron chi connectivity index (χ3n) is 5.84. The molecule has 21 heavy (non-hydrogen) atoms. The minimum Gasteiger partial charge on any atom is -0.308 e. The van der Waals surface area contributed by atoms with Crippen LogP contribution in [0.1, 0.15) is 91.4 Å². The predicted octanol–water partition coefficient (Wildman–Crippen LogP) is 4.73. The largest absolute Gasteiger partial charge is 0.308 e. The molecule has 0 bridgehead atoms. The van der Waals surface area contributed by atoms with E-state index in [4.69, 9.17) is 0 Å². The van der Waals surface area contributed by atoms with Crippen LogP contribution < -0.4 is 5.32 Å². The molecular weight excluding hydrogens is 256 g/mol. The van der Waals surface area contributed by atoms with Gasteiger partial charge in [0.15, 0.2) is 0 Å². The van der Waals surface area contributed by atoms with Crippen molar-refractivity contribution in [3.8, 4) is 0 Å². The fourth-order valence-corrected chi connectivity index (χ4v) is 4.18. The summed E-state index contributed by atoms with van der Waals surface area (Å²) in [5.41, 5.74) is 0.794. The van der Waals surface area contributed by atoms with Crippen molar-refractivity contribution in [2.75, 3.05) is 19.6 Å². The summed E-state index contributed by atoms with van der Waals surface area (Å²) in [5.74, 6) is 0. The molecule has 1 aliphatic heterocycles. The standard InChI is InChI=1S/C19H38N2/c1-4-5-6-7-8-12-15-21-17-19(13-10-9-11-14-19)20-16-18(21,2)3/h20H,4-17H2,1-3H3. The Hall–Kier alpha value is -0.0800. The summed E-state index contributed by atoms with van der Waals surface area (Å²) in [7, 11) is 0. The van der Waals surface area contributed by atoms with Crippen LogP contribution in [0.25, 0.3) is 0 Å². The van der Waals surface area contributed by atoms with Crippen LogP contribution in [0.15, 0.2) is 0 Å². The van der Waals surface area contributed by atoms with Crippen LogP contribution >= 0.6 is 0 Å². The molecule has 2 heteroatoms. The molecular formula is C19H38N2. The minimum absolute atomic E-state index is 0.339. The highest BCUT2D eigenvalue weighted by molar-refractivity contribution is 5.02. The molecule has 2 nitrogen and oxygen atoms in total. The summed E-state index contributed by atoms with van der Waals surface area (Å²) in [4.78, 5) is 2.80. The van der Waals surface area contributed by atoms with Crippen LogP contribution in [0.2, 0.25) is 0 Å². The number of hydrogen-bond donors (Lipinski definition) is 1. The highest BCUT2D eigenvalue weighted by Gasteiger charge is 2.42. The maximum absolute atomic E-state index is 3.93. The molecule has 2 aliphatic rings. The molecule has 0 atom stereocenters. The Bertz CT molecular complexity index is 292. The average Bonchev–Trinajstić information content (AvgIpc) is 2.48. The molecule has 2 rings (SSSR count). The summed E-state index contributed by atoms with van der Waals surface area (Å²) in [6.07, 6.45) is 15.6. The summed E-state index contributed by atoms with van der Waals surface area (Å²) in [5, 5.41) is 3.93. The molecule has 0 unspecified atom stereocenters. The van der Waals surface area contributed by atoms with Crippen LogP contribution in [0.4, 0.5) is 0 Å². The number of hydrogen-bond acceptors (Lipinski definition) is 2. The molecule has 0 radical (unpaired) electrons. The maximum atomic E-state index is 3.93. The van der Waals surface area contributed by atoms with Gasteiger partial charge in [-0.1, -0.05) is 58.3 Å². The zero-order valence-corrected chi connectivity index (χ0v) is 14.8. The lowest BCUT2D eigenvalue weighted by molar-refractivity contribution is 0.00976. The van der Waals surface area contributed by atoms with E-state index in [0.29, 0.717) is 11.1 Å². The van der Waals surface area contributed by atoms with Gasteiger partial charge in [-0.05, 0) is 39.7 Å². The quantitative estimate of drug-likeness (QED) is 0.683. The monoisotopic (exact) mass is 294 g/mol. The van der Waals surface area contributed by atoms with Crippen LogP contribution in [0.3, 0.4) is 0 Å². The van der Waals surface area contributed by atoms with Gasteiger partial charge in [0.2, 0.25) is 0 Å². The molecule has 1 saturated heterocycles. The lowest BCUT2D eigenvalue weighted by Crippen LogP contribution is -2.68. The Kier molecular flexibility index (Phi) is 6.55. The van der Waals surface area contributed by atoms with E-state index in [9.17, 15) is 0 Å². The lowest BCUT2D eigenvalue weighted by Gasteiger charge is -2.53. The Morgan fingerprint density at radius 1 is 0.905 bits per heavy atom. The molecule has 1 heterocycles. The summed E-state index contributed by atoms with van der Waals surface area (Å²) >= 11 is 0. The van der Waals surface area contributed by atoms with Gasteiger partial charge in [0.1, 0.15) is 0 Å². The second-order valence-electron chi connectivity index (χ2n) is 8.20. The summed E-state index contributed by atoms with van der Waals surface area (Å²) < 4.78 is 0. The molecule has 0 aromatic carbocycles. The number of nitrogens with zero attached hydrogens (tertiary/aromatic N) is 1. The van der Waals surface area contributed by atoms with E-state index in [1.165, 1.54) is 90.3 Å². The van der Waals surface area contributed by atoms with Crippen molar-refractivity contribution >= 4 is 0 Å². The second kappa shape index (κ2) is 7.97. The van der Waals surface area contributed by atoms with Gasteiger partial charge in [0.25, 0.3) is 0 Å². The van der Waals surface area contributed by atoms with Crippen molar-refractivity contribution in [2.24, 2.45) is 0 Å². The van der Waals surface area contributed by atoms with Gasteiger partial charge in [0.05, 0.1) is 0 Å². The van der Waals surface area contributed by atoms with Gasteiger partial charge in [-0.25, -0.2) is 0 Å². The van der Waals surface area contributed by atoms with Crippen molar-refractivity contribution in [1.82, 2.24) is 10.2 Å². The van der Waals surface area contributed by atoms with Gasteiger partial charge in [-0.3, -0.25) is 4.90 Å². The highest BCUT2D eigenvalue weighted by Crippen LogP contribution is 2.34. The SMILES string of the molecule is CCCCCCCCN1CC2(CCCCC2)NCC1(C)C. The molecule has 2 fully saturated rings. The van der Waals surface area contributed by atoms with E-state index in [2.05, 4.69) is 31.0 Å². The summed E-state index contributed by atoms with van der Waals surface area (Å²) in [6.45, 7) is 10.9. The van der Waals surface area contributed by atoms with Crippen molar-refractivity contribution < 1.29 is 0 Å². The van der Waals surface area contributed by atoms with Gasteiger partial charge < -0.3 is 5.32 Å². The Balaban J connectivity index is 1.77. The van der Waals surface area contributed by atoms with Gasteiger partial charge in [-0.15, -0.1) is 0 Å². The number of piperazine rings is 1. The molecule has 1 saturated carbocycles. The van der Waals surface area contributed by atoms with Crippen molar-refractivity contribution in [3.63, 3.8) is 0 Å². The zero-order chi connectivity index (χ0) is 15.2. The summed E-state index contributed by atoms with van der Waals surface area (Å²) in [6, 6.07) is 0. The van der Waals surface area contributed by atoms with E-state index in [1.807, 2.05) is 0 Å². The first-order valence-corrected chi connectivity index (χ1v) is 9.58. The third kappa shape index (κ3) is 4.96. The highest BCUT2D eigenvalue weighted by atomic mass is 15.3. The Morgan fingerprint density at radius 3 is 2.29 bits per heavy atom. The molecule has 1 spiro atoms. The van der Waals surface area contributed by atoms with Gasteiger partial charge >= 0.3 is 0 Å². The first-order valence-electron chi connectivity index (χ1n) is 9.58. The van der Waals surface area contributed by atoms with E-state index in [1.54, 1.807) is 0 Å². The molecule has 124 valence electrons. The van der Waals surface area contributed by atoms with Crippen LogP contribution in [0.5, 0.6) is 0 Å². The van der Waals surface area contributed by atoms with E-state index in [0.717, 1.165) is 0 Å². The number of rotatable bonds is 7. The molecule has 1 aliphatic carbocycles. The van der Waals surface area contributed by atoms with E-state index < -0.39 is 0 Å². The third-order valence-corrected chi connectivity index (χ3v) is 5.84. The maximum Gasteiger partial charge on any atom is 0.0309 e. The fourth-order valence-electron chi connectivity index (χ4n) is 4.18. The zero-order valence-electron chi connectivity index (χ0n) is 14.8. The normalized spacial score (nSPS) is 25.3. The number of nitrogens with one attached hydrogen (secondary N) is 1. The van der Waals surface area contributed by atoms with Crippen LogP contribution in [0, 0.1) is 0 Å². The molecule has 1 N–H and O–H groups in total. The van der Waals surface area contributed by atoms with Crippen LogP contribution in [-0.4, -0.2) is 35.6 Å². The number of unbranched alkanes of at least 4 members (excludes halogenated alkanes) is 5. The fraction of sp³-hybridized carbons (Fsp3) is 1.00. The average molecular weight is 295 g/mol. The van der Waals surface area contributed by atoms with Gasteiger partial charge in [-0.2, -0.15) is 0 Å². The van der Waals surface area contributed by atoms with Crippen molar-refractivity contribution in [1.29, 1.82) is 0 Å². The van der Waals surface area contributed by atoms with Crippen molar-refractivity contribution in [3.05, 3.63) is 0 Å². The minimum atomic E-state index is 0.339. The Labute approximate surface area is 133 Å². The van der Waals surface area contributed by atoms with Gasteiger partial charge in [0, 0.05) is 24.2 Å². The Morgan fingerprint density at radius 2 is 1.57 bits per heavy atom. The first kappa shape index (κ1) is 17.3. The van der Waals surface area contributed by atoms with Crippen LogP contribution in [-0.2, 0) is 0 Å². The first-order chi connectivity index (χ1) is 10.1. The predicted molar refractivity (Wildman–Crippen MR) is 92.8 cm³/mol. The lowest BCUT2D eigenvalue weighted by atomic mass is 9.77. The van der Waals surface area contributed by atoms with E-state index >= 15 is 0 Å².